The predicted octanol–water partition coefficient (Wildman–Crippen LogP) is 3.46. The lowest BCUT2D eigenvalue weighted by molar-refractivity contribution is 0.251. The van der Waals surface area contributed by atoms with Crippen LogP contribution >= 0.6 is 0 Å². The van der Waals surface area contributed by atoms with Crippen molar-refractivity contribution in [3.63, 3.8) is 0 Å². The predicted molar refractivity (Wildman–Crippen MR) is 95.6 cm³/mol. The molecular weight excluding hydrogens is 330 g/mol. The number of nitrogens with one attached hydrogen (secondary N) is 2. The van der Waals surface area contributed by atoms with Crippen LogP contribution in [0.2, 0.25) is 0 Å². The number of amides is 2. The van der Waals surface area contributed by atoms with Crippen molar-refractivity contribution >= 4 is 11.7 Å². The molecule has 2 heterocycles. The first kappa shape index (κ1) is 16.9. The zero-order chi connectivity index (χ0) is 18.2. The minimum Gasteiger partial charge on any atom is -0.439 e. The van der Waals surface area contributed by atoms with Gasteiger partial charge in [-0.1, -0.05) is 0 Å². The van der Waals surface area contributed by atoms with Crippen molar-refractivity contribution in [2.24, 2.45) is 0 Å². The molecule has 0 bridgehead atoms. The second-order valence-corrected chi connectivity index (χ2v) is 5.29. The minimum absolute atomic E-state index is 0.329. The second kappa shape index (κ2) is 8.26. The summed E-state index contributed by atoms with van der Waals surface area (Å²) in [4.78, 5) is 20.0. The first-order valence-corrected chi connectivity index (χ1v) is 7.81. The number of nitrogens with zero attached hydrogens (tertiary/aromatic N) is 3. The Bertz CT molecular complexity index is 903. The quantitative estimate of drug-likeness (QED) is 0.737. The van der Waals surface area contributed by atoms with Gasteiger partial charge in [0.2, 0.25) is 5.88 Å². The van der Waals surface area contributed by atoms with Crippen LogP contribution in [0, 0.1) is 11.3 Å². The fourth-order valence-corrected chi connectivity index (χ4v) is 2.09. The number of ether oxygens (including phenoxy) is 1. The third kappa shape index (κ3) is 4.79. The van der Waals surface area contributed by atoms with Crippen molar-refractivity contribution in [3.05, 3.63) is 78.2 Å². The van der Waals surface area contributed by atoms with E-state index in [1.807, 2.05) is 18.2 Å². The summed E-state index contributed by atoms with van der Waals surface area (Å²) in [5.74, 6) is 0.963. The van der Waals surface area contributed by atoms with Crippen LogP contribution in [0.25, 0.3) is 0 Å². The molecule has 3 rings (SSSR count). The molecule has 0 atom stereocenters. The average Bonchev–Trinajstić information content (AvgIpc) is 2.69. The summed E-state index contributed by atoms with van der Waals surface area (Å²) in [6.45, 7) is 0.404. The molecule has 26 heavy (non-hydrogen) atoms. The summed E-state index contributed by atoms with van der Waals surface area (Å²) in [6, 6.07) is 15.4. The van der Waals surface area contributed by atoms with E-state index < -0.39 is 0 Å². The number of benzene rings is 1. The highest BCUT2D eigenvalue weighted by Crippen LogP contribution is 2.20. The Kier molecular flexibility index (Phi) is 5.38. The van der Waals surface area contributed by atoms with Crippen LogP contribution in [-0.4, -0.2) is 16.0 Å². The summed E-state index contributed by atoms with van der Waals surface area (Å²) >= 11 is 0. The van der Waals surface area contributed by atoms with Gasteiger partial charge in [0.05, 0.1) is 23.5 Å². The fraction of sp³-hybridized carbons (Fsp3) is 0.0526. The van der Waals surface area contributed by atoms with Gasteiger partial charge in [-0.2, -0.15) is 5.26 Å². The van der Waals surface area contributed by atoms with E-state index in [0.717, 1.165) is 5.56 Å². The lowest BCUT2D eigenvalue weighted by Gasteiger charge is -2.08. The number of pyridine rings is 2. The first-order valence-electron chi connectivity index (χ1n) is 7.81. The van der Waals surface area contributed by atoms with Gasteiger partial charge in [-0.3, -0.25) is 4.98 Å². The molecule has 2 aromatic heterocycles. The van der Waals surface area contributed by atoms with E-state index >= 15 is 0 Å². The van der Waals surface area contributed by atoms with Gasteiger partial charge in [0.1, 0.15) is 5.75 Å². The topological polar surface area (TPSA) is 99.9 Å². The third-order valence-corrected chi connectivity index (χ3v) is 3.40. The van der Waals surface area contributed by atoms with Crippen molar-refractivity contribution in [2.75, 3.05) is 5.32 Å². The molecule has 0 aliphatic heterocycles. The van der Waals surface area contributed by atoms with Crippen molar-refractivity contribution in [2.45, 2.75) is 6.54 Å². The maximum atomic E-state index is 11.9. The molecule has 0 fully saturated rings. The average molecular weight is 345 g/mol. The molecule has 0 aliphatic carbocycles. The standard InChI is InChI=1S/C19H15N5O2/c20-11-14-1-4-17(5-2-14)26-18-6-3-16(13-22-18)24-19(25)23-12-15-7-9-21-10-8-15/h1-10,13H,12H2,(H2,23,24,25). The van der Waals surface area contributed by atoms with Crippen molar-refractivity contribution in [1.82, 2.24) is 15.3 Å². The molecule has 2 amide bonds. The highest BCUT2D eigenvalue weighted by molar-refractivity contribution is 5.88. The number of urea groups is 1. The van der Waals surface area contributed by atoms with Gasteiger partial charge in [-0.05, 0) is 48.0 Å². The number of nitriles is 1. The van der Waals surface area contributed by atoms with Crippen LogP contribution in [0.1, 0.15) is 11.1 Å². The fourth-order valence-electron chi connectivity index (χ4n) is 2.09. The van der Waals surface area contributed by atoms with E-state index in [9.17, 15) is 4.79 Å². The van der Waals surface area contributed by atoms with E-state index in [-0.39, 0.29) is 6.03 Å². The maximum Gasteiger partial charge on any atom is 0.319 e. The van der Waals surface area contributed by atoms with Gasteiger partial charge in [0.25, 0.3) is 0 Å². The Labute approximate surface area is 150 Å². The Morgan fingerprint density at radius 3 is 2.50 bits per heavy atom. The van der Waals surface area contributed by atoms with Crippen LogP contribution in [0.5, 0.6) is 11.6 Å². The van der Waals surface area contributed by atoms with E-state index in [0.29, 0.717) is 29.4 Å². The highest BCUT2D eigenvalue weighted by Gasteiger charge is 2.04. The Morgan fingerprint density at radius 2 is 1.85 bits per heavy atom. The molecule has 0 radical (unpaired) electrons. The van der Waals surface area contributed by atoms with E-state index in [1.165, 1.54) is 6.20 Å². The summed E-state index contributed by atoms with van der Waals surface area (Å²) in [6.07, 6.45) is 4.85. The van der Waals surface area contributed by atoms with Crippen LogP contribution in [-0.2, 0) is 6.54 Å². The molecule has 7 heteroatoms. The van der Waals surface area contributed by atoms with Crippen LogP contribution in [0.15, 0.2) is 67.1 Å². The van der Waals surface area contributed by atoms with E-state index in [2.05, 4.69) is 20.6 Å². The number of hydrogen-bond donors (Lipinski definition) is 2. The zero-order valence-electron chi connectivity index (χ0n) is 13.7. The van der Waals surface area contributed by atoms with Crippen molar-refractivity contribution < 1.29 is 9.53 Å². The zero-order valence-corrected chi connectivity index (χ0v) is 13.7. The van der Waals surface area contributed by atoms with Crippen molar-refractivity contribution in [3.8, 4) is 17.7 Å². The first-order chi connectivity index (χ1) is 12.7. The maximum absolute atomic E-state index is 11.9. The Hall–Kier alpha value is -3.92. The van der Waals surface area contributed by atoms with Crippen LogP contribution < -0.4 is 15.4 Å². The highest BCUT2D eigenvalue weighted by atomic mass is 16.5. The molecule has 0 saturated carbocycles. The molecule has 7 nitrogen and oxygen atoms in total. The van der Waals surface area contributed by atoms with Gasteiger partial charge < -0.3 is 15.4 Å². The number of carbonyl (C=O) groups is 1. The largest absolute Gasteiger partial charge is 0.439 e. The van der Waals surface area contributed by atoms with Gasteiger partial charge in [-0.25, -0.2) is 9.78 Å². The summed E-state index contributed by atoms with van der Waals surface area (Å²) < 4.78 is 5.59. The molecule has 2 N–H and O–H groups in total. The minimum atomic E-state index is -0.329. The Morgan fingerprint density at radius 1 is 1.08 bits per heavy atom. The molecule has 0 aliphatic rings. The number of anilines is 1. The molecule has 3 aromatic rings. The van der Waals surface area contributed by atoms with Gasteiger partial charge >= 0.3 is 6.03 Å². The van der Waals surface area contributed by atoms with Crippen molar-refractivity contribution in [1.29, 1.82) is 5.26 Å². The molecule has 0 unspecified atom stereocenters. The molecular formula is C19H15N5O2. The van der Waals surface area contributed by atoms with Gasteiger partial charge in [-0.15, -0.1) is 0 Å². The summed E-state index contributed by atoms with van der Waals surface area (Å²) in [5, 5.41) is 14.2. The number of rotatable bonds is 5. The lowest BCUT2D eigenvalue weighted by Crippen LogP contribution is -2.28. The van der Waals surface area contributed by atoms with Crippen LogP contribution in [0.4, 0.5) is 10.5 Å². The second-order valence-electron chi connectivity index (χ2n) is 5.29. The molecule has 0 spiro atoms. The summed E-state index contributed by atoms with van der Waals surface area (Å²) in [7, 11) is 0. The van der Waals surface area contributed by atoms with Gasteiger partial charge in [0.15, 0.2) is 0 Å². The molecule has 128 valence electrons. The number of carbonyl (C=O) groups excluding carboxylic acids is 1. The SMILES string of the molecule is N#Cc1ccc(Oc2ccc(NC(=O)NCc3ccncc3)cn2)cc1. The van der Waals surface area contributed by atoms with Gasteiger partial charge in [0, 0.05) is 25.0 Å². The normalized spacial score (nSPS) is 9.81. The Balaban J connectivity index is 1.52. The number of hydrogen-bond acceptors (Lipinski definition) is 5. The molecule has 0 saturated heterocycles. The van der Waals surface area contributed by atoms with E-state index in [4.69, 9.17) is 10.00 Å². The van der Waals surface area contributed by atoms with E-state index in [1.54, 1.807) is 48.8 Å². The van der Waals surface area contributed by atoms with Crippen LogP contribution in [0.3, 0.4) is 0 Å². The number of aromatic nitrogens is 2. The summed E-state index contributed by atoms with van der Waals surface area (Å²) in [5.41, 5.74) is 2.06. The monoisotopic (exact) mass is 345 g/mol. The lowest BCUT2D eigenvalue weighted by atomic mass is 10.2. The molecule has 1 aromatic carbocycles. The smallest absolute Gasteiger partial charge is 0.319 e. The third-order valence-electron chi connectivity index (χ3n) is 3.40.